The Morgan fingerprint density at radius 1 is 1.03 bits per heavy atom. The number of aromatic nitrogens is 4. The zero-order chi connectivity index (χ0) is 20.4. The second-order valence-corrected chi connectivity index (χ2v) is 6.46. The molecule has 9 heteroatoms. The predicted octanol–water partition coefficient (Wildman–Crippen LogP) is 3.20. The van der Waals surface area contributed by atoms with E-state index in [0.29, 0.717) is 28.6 Å². The van der Waals surface area contributed by atoms with Crippen LogP contribution in [0.15, 0.2) is 48.8 Å². The molecular formula is C20H16F3N5O. The van der Waals surface area contributed by atoms with Crippen LogP contribution in [-0.4, -0.2) is 32.4 Å². The molecule has 0 fully saturated rings. The van der Waals surface area contributed by atoms with Crippen LogP contribution < -0.4 is 5.32 Å². The Balaban J connectivity index is 1.61. The van der Waals surface area contributed by atoms with E-state index in [-0.39, 0.29) is 24.5 Å². The van der Waals surface area contributed by atoms with Crippen LogP contribution in [-0.2, 0) is 17.8 Å². The van der Waals surface area contributed by atoms with Crippen molar-refractivity contribution in [3.63, 3.8) is 0 Å². The second-order valence-electron chi connectivity index (χ2n) is 6.46. The highest BCUT2D eigenvalue weighted by atomic mass is 19.1. The predicted molar refractivity (Wildman–Crippen MR) is 100 cm³/mol. The van der Waals surface area contributed by atoms with Gasteiger partial charge in [0.05, 0.1) is 17.9 Å². The molecule has 0 saturated heterocycles. The van der Waals surface area contributed by atoms with E-state index in [1.165, 1.54) is 35.4 Å². The highest BCUT2D eigenvalue weighted by Gasteiger charge is 2.17. The molecule has 2 N–H and O–H groups in total. The van der Waals surface area contributed by atoms with Crippen molar-refractivity contribution in [1.29, 1.82) is 0 Å². The van der Waals surface area contributed by atoms with Gasteiger partial charge in [0.15, 0.2) is 0 Å². The van der Waals surface area contributed by atoms with Crippen molar-refractivity contribution >= 4 is 16.8 Å². The standard InChI is InChI=1S/C20H16F3N5O/c21-13-3-1-12(2-4-13)19-15(16-9-14(22)10-17(23)20(16)27-19)5-6-24-18(29)11-28-25-7-8-26-28/h1-4,7-10,27H,5-6,11H2,(H,24,29). The number of carbonyl (C=O) groups excluding carboxylic acids is 1. The van der Waals surface area contributed by atoms with Gasteiger partial charge in [-0.3, -0.25) is 4.79 Å². The number of amides is 1. The quantitative estimate of drug-likeness (QED) is 0.523. The molecule has 0 bridgehead atoms. The Morgan fingerprint density at radius 2 is 1.76 bits per heavy atom. The fourth-order valence-corrected chi connectivity index (χ4v) is 3.23. The number of aromatic amines is 1. The number of rotatable bonds is 6. The molecule has 6 nitrogen and oxygen atoms in total. The van der Waals surface area contributed by atoms with Gasteiger partial charge in [-0.25, -0.2) is 13.2 Å². The molecule has 2 aromatic heterocycles. The summed E-state index contributed by atoms with van der Waals surface area (Å²) in [5.74, 6) is -2.11. The first-order valence-corrected chi connectivity index (χ1v) is 8.87. The van der Waals surface area contributed by atoms with Gasteiger partial charge >= 0.3 is 0 Å². The Morgan fingerprint density at radius 3 is 2.48 bits per heavy atom. The van der Waals surface area contributed by atoms with Crippen LogP contribution in [0.25, 0.3) is 22.2 Å². The fraction of sp³-hybridized carbons (Fsp3) is 0.150. The summed E-state index contributed by atoms with van der Waals surface area (Å²) in [5.41, 5.74) is 1.97. The van der Waals surface area contributed by atoms with Gasteiger partial charge in [-0.05, 0) is 47.9 Å². The summed E-state index contributed by atoms with van der Waals surface area (Å²) in [6, 6.07) is 7.74. The molecule has 1 amide bonds. The molecule has 0 aliphatic rings. The van der Waals surface area contributed by atoms with Crippen LogP contribution in [0, 0.1) is 17.5 Å². The Labute approximate surface area is 163 Å². The molecule has 4 aromatic rings. The van der Waals surface area contributed by atoms with E-state index in [4.69, 9.17) is 0 Å². The third-order valence-electron chi connectivity index (χ3n) is 4.51. The molecule has 0 aliphatic carbocycles. The highest BCUT2D eigenvalue weighted by Crippen LogP contribution is 2.32. The van der Waals surface area contributed by atoms with E-state index in [1.807, 2.05) is 0 Å². The van der Waals surface area contributed by atoms with Crippen LogP contribution in [0.3, 0.4) is 0 Å². The van der Waals surface area contributed by atoms with Crippen molar-refractivity contribution in [2.45, 2.75) is 13.0 Å². The summed E-state index contributed by atoms with van der Waals surface area (Å²) >= 11 is 0. The van der Waals surface area contributed by atoms with Crippen molar-refractivity contribution in [3.8, 4) is 11.3 Å². The average Bonchev–Trinajstić information content (AvgIpc) is 3.31. The minimum atomic E-state index is -0.719. The number of H-pyrrole nitrogens is 1. The molecular weight excluding hydrogens is 383 g/mol. The fourth-order valence-electron chi connectivity index (χ4n) is 3.23. The molecule has 0 radical (unpaired) electrons. The van der Waals surface area contributed by atoms with E-state index in [9.17, 15) is 18.0 Å². The summed E-state index contributed by atoms with van der Waals surface area (Å²) in [7, 11) is 0. The van der Waals surface area contributed by atoms with Crippen molar-refractivity contribution in [2.75, 3.05) is 6.54 Å². The summed E-state index contributed by atoms with van der Waals surface area (Å²) in [5, 5.41) is 10.8. The molecule has 0 saturated carbocycles. The number of hydrogen-bond donors (Lipinski definition) is 2. The maximum atomic E-state index is 14.3. The third-order valence-corrected chi connectivity index (χ3v) is 4.51. The van der Waals surface area contributed by atoms with Crippen LogP contribution in [0.2, 0.25) is 0 Å². The smallest absolute Gasteiger partial charge is 0.243 e. The van der Waals surface area contributed by atoms with Gasteiger partial charge in [0.2, 0.25) is 5.91 Å². The van der Waals surface area contributed by atoms with Crippen molar-refractivity contribution in [2.24, 2.45) is 0 Å². The minimum absolute atomic E-state index is 0.0328. The number of hydrogen-bond acceptors (Lipinski definition) is 3. The van der Waals surface area contributed by atoms with Gasteiger partial charge in [-0.1, -0.05) is 0 Å². The van der Waals surface area contributed by atoms with Gasteiger partial charge in [0.25, 0.3) is 0 Å². The zero-order valence-corrected chi connectivity index (χ0v) is 15.1. The first kappa shape index (κ1) is 18.7. The molecule has 148 valence electrons. The summed E-state index contributed by atoms with van der Waals surface area (Å²) < 4.78 is 41.4. The molecule has 4 rings (SSSR count). The van der Waals surface area contributed by atoms with E-state index < -0.39 is 17.5 Å². The minimum Gasteiger partial charge on any atom is -0.354 e. The largest absolute Gasteiger partial charge is 0.354 e. The lowest BCUT2D eigenvalue weighted by atomic mass is 10.0. The van der Waals surface area contributed by atoms with Gasteiger partial charge in [0.1, 0.15) is 24.0 Å². The lowest BCUT2D eigenvalue weighted by Crippen LogP contribution is -2.30. The van der Waals surface area contributed by atoms with Gasteiger partial charge < -0.3 is 10.3 Å². The van der Waals surface area contributed by atoms with Gasteiger partial charge in [0, 0.05) is 23.7 Å². The van der Waals surface area contributed by atoms with Gasteiger partial charge in [-0.2, -0.15) is 15.0 Å². The van der Waals surface area contributed by atoms with E-state index >= 15 is 0 Å². The number of nitrogens with one attached hydrogen (secondary N) is 2. The lowest BCUT2D eigenvalue weighted by molar-refractivity contribution is -0.122. The highest BCUT2D eigenvalue weighted by molar-refractivity contribution is 5.91. The first-order chi connectivity index (χ1) is 14.0. The molecule has 0 atom stereocenters. The number of nitrogens with zero attached hydrogens (tertiary/aromatic N) is 3. The van der Waals surface area contributed by atoms with Gasteiger partial charge in [-0.15, -0.1) is 0 Å². The Kier molecular flexibility index (Phi) is 5.03. The molecule has 0 aliphatic heterocycles. The lowest BCUT2D eigenvalue weighted by Gasteiger charge is -2.08. The zero-order valence-electron chi connectivity index (χ0n) is 15.1. The summed E-state index contributed by atoms with van der Waals surface area (Å²) in [6.07, 6.45) is 3.25. The summed E-state index contributed by atoms with van der Waals surface area (Å²) in [6.45, 7) is 0.203. The third kappa shape index (κ3) is 3.98. The molecule has 2 aromatic carbocycles. The number of fused-ring (bicyclic) bond motifs is 1. The molecule has 29 heavy (non-hydrogen) atoms. The van der Waals surface area contributed by atoms with E-state index in [1.54, 1.807) is 12.1 Å². The molecule has 2 heterocycles. The topological polar surface area (TPSA) is 75.6 Å². The SMILES string of the molecule is O=C(Cn1nccn1)NCCc1c(-c2ccc(F)cc2)[nH]c2c(F)cc(F)cc12. The van der Waals surface area contributed by atoms with E-state index in [0.717, 1.165) is 6.07 Å². The summed E-state index contributed by atoms with van der Waals surface area (Å²) in [4.78, 5) is 16.2. The number of carbonyl (C=O) groups is 1. The van der Waals surface area contributed by atoms with E-state index in [2.05, 4.69) is 20.5 Å². The van der Waals surface area contributed by atoms with Crippen LogP contribution in [0.4, 0.5) is 13.2 Å². The normalized spacial score (nSPS) is 11.1. The maximum Gasteiger partial charge on any atom is 0.243 e. The second kappa shape index (κ2) is 7.78. The maximum absolute atomic E-state index is 14.3. The van der Waals surface area contributed by atoms with Crippen molar-refractivity contribution in [3.05, 3.63) is 71.8 Å². The monoisotopic (exact) mass is 399 g/mol. The average molecular weight is 399 g/mol. The van der Waals surface area contributed by atoms with Crippen molar-refractivity contribution in [1.82, 2.24) is 25.3 Å². The van der Waals surface area contributed by atoms with Crippen LogP contribution in [0.1, 0.15) is 5.56 Å². The Bertz CT molecular complexity index is 1150. The van der Waals surface area contributed by atoms with Crippen LogP contribution in [0.5, 0.6) is 0 Å². The Hall–Kier alpha value is -3.62. The number of benzene rings is 2. The van der Waals surface area contributed by atoms with Crippen LogP contribution >= 0.6 is 0 Å². The molecule has 0 unspecified atom stereocenters. The molecule has 0 spiro atoms. The number of halogens is 3. The first-order valence-electron chi connectivity index (χ1n) is 8.87. The van der Waals surface area contributed by atoms with Crippen molar-refractivity contribution < 1.29 is 18.0 Å².